The van der Waals surface area contributed by atoms with Gasteiger partial charge in [-0.15, -0.1) is 23.7 Å². The molecule has 3 N–H and O–H groups in total. The number of halogens is 1. The van der Waals surface area contributed by atoms with Crippen molar-refractivity contribution >= 4 is 40.6 Å². The number of fused-ring (bicyclic) bond motifs is 1. The standard InChI is InChI=1S/C19H23N3O3S.ClH/c1-3-25-13-6-4-12(5-7-13)10-16(23)21-19-17(18(20)24)14-8-9-22(2)11-15(14)26-19;/h4-7H,3,8-11H2,1-2H3,(H2,20,24)(H,21,23);1H. The maximum Gasteiger partial charge on any atom is 0.251 e. The van der Waals surface area contributed by atoms with Crippen molar-refractivity contribution in [2.24, 2.45) is 5.73 Å². The quantitative estimate of drug-likeness (QED) is 0.768. The monoisotopic (exact) mass is 409 g/mol. The Labute approximate surface area is 169 Å². The molecule has 8 heteroatoms. The number of anilines is 1. The van der Waals surface area contributed by atoms with Gasteiger partial charge in [-0.3, -0.25) is 9.59 Å². The zero-order valence-corrected chi connectivity index (χ0v) is 17.0. The number of nitrogens with one attached hydrogen (secondary N) is 1. The number of likely N-dealkylation sites (N-methyl/N-ethyl adjacent to an activating group) is 1. The van der Waals surface area contributed by atoms with E-state index in [-0.39, 0.29) is 24.7 Å². The Balaban J connectivity index is 0.00000261. The summed E-state index contributed by atoms with van der Waals surface area (Å²) < 4.78 is 5.40. The van der Waals surface area contributed by atoms with Crippen molar-refractivity contribution in [3.63, 3.8) is 0 Å². The van der Waals surface area contributed by atoms with Crippen LogP contribution in [-0.2, 0) is 24.2 Å². The van der Waals surface area contributed by atoms with Gasteiger partial charge in [-0.25, -0.2) is 0 Å². The highest BCUT2D eigenvalue weighted by Crippen LogP contribution is 2.36. The smallest absolute Gasteiger partial charge is 0.251 e. The fraction of sp³-hybridized carbons (Fsp3) is 0.368. The zero-order valence-electron chi connectivity index (χ0n) is 15.4. The first-order valence-corrected chi connectivity index (χ1v) is 9.44. The van der Waals surface area contributed by atoms with E-state index in [4.69, 9.17) is 10.5 Å². The largest absolute Gasteiger partial charge is 0.494 e. The lowest BCUT2D eigenvalue weighted by Gasteiger charge is -2.22. The molecule has 0 fully saturated rings. The number of carbonyl (C=O) groups excluding carboxylic acids is 2. The summed E-state index contributed by atoms with van der Waals surface area (Å²) in [7, 11) is 2.04. The zero-order chi connectivity index (χ0) is 18.7. The molecular formula is C19H24ClN3O3S. The lowest BCUT2D eigenvalue weighted by Crippen LogP contribution is -2.27. The second-order valence-electron chi connectivity index (χ2n) is 6.36. The summed E-state index contributed by atoms with van der Waals surface area (Å²) in [6, 6.07) is 7.43. The van der Waals surface area contributed by atoms with Crippen molar-refractivity contribution in [1.82, 2.24) is 4.90 Å². The summed E-state index contributed by atoms with van der Waals surface area (Å²) in [4.78, 5) is 27.7. The van der Waals surface area contributed by atoms with E-state index in [1.165, 1.54) is 11.3 Å². The Bertz CT molecular complexity index is 820. The van der Waals surface area contributed by atoms with Gasteiger partial charge in [0.15, 0.2) is 0 Å². The molecule has 1 aromatic heterocycles. The maximum atomic E-state index is 12.4. The lowest BCUT2D eigenvalue weighted by molar-refractivity contribution is -0.115. The van der Waals surface area contributed by atoms with E-state index in [9.17, 15) is 9.59 Å². The summed E-state index contributed by atoms with van der Waals surface area (Å²) in [5, 5.41) is 3.44. The van der Waals surface area contributed by atoms with Crippen LogP contribution in [0.3, 0.4) is 0 Å². The van der Waals surface area contributed by atoms with E-state index in [0.29, 0.717) is 17.2 Å². The Kier molecular flexibility index (Phi) is 7.24. The summed E-state index contributed by atoms with van der Waals surface area (Å²) in [5.74, 6) is 0.134. The number of primary amides is 1. The van der Waals surface area contributed by atoms with Gasteiger partial charge in [-0.2, -0.15) is 0 Å². The van der Waals surface area contributed by atoms with Crippen LogP contribution in [0.4, 0.5) is 5.00 Å². The van der Waals surface area contributed by atoms with Crippen molar-refractivity contribution < 1.29 is 14.3 Å². The molecule has 0 radical (unpaired) electrons. The van der Waals surface area contributed by atoms with E-state index in [1.807, 2.05) is 38.2 Å². The van der Waals surface area contributed by atoms with E-state index in [0.717, 1.165) is 41.3 Å². The van der Waals surface area contributed by atoms with Crippen LogP contribution >= 0.6 is 23.7 Å². The number of amides is 2. The number of hydrogen-bond acceptors (Lipinski definition) is 5. The van der Waals surface area contributed by atoms with Gasteiger partial charge >= 0.3 is 0 Å². The molecule has 6 nitrogen and oxygen atoms in total. The first-order valence-electron chi connectivity index (χ1n) is 8.62. The van der Waals surface area contributed by atoms with Crippen LogP contribution in [0.2, 0.25) is 0 Å². The molecule has 1 aliphatic heterocycles. The molecule has 27 heavy (non-hydrogen) atoms. The Hall–Kier alpha value is -2.09. The predicted molar refractivity (Wildman–Crippen MR) is 110 cm³/mol. The highest BCUT2D eigenvalue weighted by Gasteiger charge is 2.26. The molecule has 0 saturated heterocycles. The molecule has 0 aliphatic carbocycles. The third-order valence-electron chi connectivity index (χ3n) is 4.35. The van der Waals surface area contributed by atoms with Crippen LogP contribution in [-0.4, -0.2) is 36.9 Å². The average Bonchev–Trinajstić information content (AvgIpc) is 2.93. The maximum absolute atomic E-state index is 12.4. The summed E-state index contributed by atoms with van der Waals surface area (Å²) in [6.45, 7) is 4.18. The molecule has 146 valence electrons. The lowest BCUT2D eigenvalue weighted by atomic mass is 10.0. The van der Waals surface area contributed by atoms with Crippen molar-refractivity contribution in [2.75, 3.05) is 25.5 Å². The molecule has 2 amide bonds. The van der Waals surface area contributed by atoms with Gasteiger partial charge < -0.3 is 20.7 Å². The van der Waals surface area contributed by atoms with E-state index < -0.39 is 5.91 Å². The van der Waals surface area contributed by atoms with Crippen LogP contribution < -0.4 is 15.8 Å². The van der Waals surface area contributed by atoms with E-state index in [2.05, 4.69) is 10.2 Å². The van der Waals surface area contributed by atoms with Crippen molar-refractivity contribution in [2.45, 2.75) is 26.3 Å². The number of carbonyl (C=O) groups is 2. The molecule has 0 spiro atoms. The van der Waals surface area contributed by atoms with Gasteiger partial charge in [0.2, 0.25) is 5.91 Å². The van der Waals surface area contributed by atoms with E-state index >= 15 is 0 Å². The van der Waals surface area contributed by atoms with Crippen LogP contribution in [0, 0.1) is 0 Å². The Morgan fingerprint density at radius 3 is 2.63 bits per heavy atom. The minimum absolute atomic E-state index is 0. The number of thiophene rings is 1. The number of rotatable bonds is 6. The third kappa shape index (κ3) is 5.00. The third-order valence-corrected chi connectivity index (χ3v) is 5.48. The number of benzene rings is 1. The highest BCUT2D eigenvalue weighted by atomic mass is 35.5. The predicted octanol–water partition coefficient (Wildman–Crippen LogP) is 2.84. The first-order chi connectivity index (χ1) is 12.5. The second-order valence-corrected chi connectivity index (χ2v) is 7.47. The van der Waals surface area contributed by atoms with Crippen molar-refractivity contribution in [3.05, 3.63) is 45.8 Å². The second kappa shape index (κ2) is 9.21. The van der Waals surface area contributed by atoms with Crippen molar-refractivity contribution in [1.29, 1.82) is 0 Å². The van der Waals surface area contributed by atoms with Gasteiger partial charge in [0.1, 0.15) is 10.8 Å². The summed E-state index contributed by atoms with van der Waals surface area (Å²) in [6.07, 6.45) is 1.00. The van der Waals surface area contributed by atoms with Gasteiger partial charge in [0.25, 0.3) is 5.91 Å². The number of hydrogen-bond donors (Lipinski definition) is 2. The van der Waals surface area contributed by atoms with E-state index in [1.54, 1.807) is 0 Å². The molecule has 2 aromatic rings. The first kappa shape index (κ1) is 21.2. The minimum atomic E-state index is -0.483. The van der Waals surface area contributed by atoms with Crippen LogP contribution in [0.15, 0.2) is 24.3 Å². The Morgan fingerprint density at radius 1 is 1.30 bits per heavy atom. The van der Waals surface area contributed by atoms with Gasteiger partial charge in [0, 0.05) is 18.0 Å². The van der Waals surface area contributed by atoms with Crippen LogP contribution in [0.1, 0.15) is 33.3 Å². The molecule has 0 saturated carbocycles. The summed E-state index contributed by atoms with van der Waals surface area (Å²) >= 11 is 1.45. The topological polar surface area (TPSA) is 84.7 Å². The fourth-order valence-electron chi connectivity index (χ4n) is 3.11. The minimum Gasteiger partial charge on any atom is -0.494 e. The van der Waals surface area contributed by atoms with Crippen LogP contribution in [0.5, 0.6) is 5.75 Å². The van der Waals surface area contributed by atoms with Gasteiger partial charge in [0.05, 0.1) is 18.6 Å². The molecule has 1 aliphatic rings. The molecule has 0 bridgehead atoms. The molecule has 1 aromatic carbocycles. The van der Waals surface area contributed by atoms with Crippen molar-refractivity contribution in [3.8, 4) is 5.75 Å². The Morgan fingerprint density at radius 2 is 2.00 bits per heavy atom. The molecular weight excluding hydrogens is 386 g/mol. The molecule has 0 atom stereocenters. The SMILES string of the molecule is CCOc1ccc(CC(=O)Nc2sc3c(c2C(N)=O)CCN(C)C3)cc1.Cl. The van der Waals surface area contributed by atoms with Gasteiger partial charge in [-0.05, 0) is 43.7 Å². The molecule has 3 rings (SSSR count). The number of ether oxygens (including phenoxy) is 1. The fourth-order valence-corrected chi connectivity index (χ4v) is 4.46. The number of nitrogens with zero attached hydrogens (tertiary/aromatic N) is 1. The molecule has 0 unspecified atom stereocenters. The normalized spacial score (nSPS) is 13.4. The summed E-state index contributed by atoms with van der Waals surface area (Å²) in [5.41, 5.74) is 7.92. The molecule has 2 heterocycles. The highest BCUT2D eigenvalue weighted by molar-refractivity contribution is 7.17. The number of nitrogens with two attached hydrogens (primary N) is 1. The van der Waals surface area contributed by atoms with Gasteiger partial charge in [-0.1, -0.05) is 12.1 Å². The van der Waals surface area contributed by atoms with Crippen LogP contribution in [0.25, 0.3) is 0 Å². The average molecular weight is 410 g/mol.